The van der Waals surface area contributed by atoms with Crippen molar-refractivity contribution in [1.29, 1.82) is 0 Å². The standard InChI is InChI=1S/C28H34N2O5/c1-3-27(4-2,24(31)29-18-28(25(32)33)14-9-15-28)17-30-26(34)35-16-23-21-12-7-5-10-19(21)20-11-6-8-13-22(20)23/h5-8,10-13,23H,3-4,9,14-18H2,1-2H3,(H,29,31)(H,30,34)(H,32,33). The molecule has 2 amide bonds. The Bertz CT molecular complexity index is 1060. The lowest BCUT2D eigenvalue weighted by Crippen LogP contribution is -2.53. The summed E-state index contributed by atoms with van der Waals surface area (Å²) in [7, 11) is 0. The summed E-state index contributed by atoms with van der Waals surface area (Å²) in [6.45, 7) is 4.26. The largest absolute Gasteiger partial charge is 0.481 e. The Morgan fingerprint density at radius 1 is 0.971 bits per heavy atom. The number of fused-ring (bicyclic) bond motifs is 3. The fraction of sp³-hybridized carbons (Fsp3) is 0.464. The minimum atomic E-state index is -0.862. The van der Waals surface area contributed by atoms with Crippen LogP contribution in [0.4, 0.5) is 4.79 Å². The van der Waals surface area contributed by atoms with Crippen molar-refractivity contribution < 1.29 is 24.2 Å². The summed E-state index contributed by atoms with van der Waals surface area (Å²) in [5, 5.41) is 15.2. The van der Waals surface area contributed by atoms with Crippen molar-refractivity contribution in [2.24, 2.45) is 10.8 Å². The maximum atomic E-state index is 13.1. The molecule has 0 spiro atoms. The molecule has 2 aliphatic carbocycles. The average Bonchev–Trinajstić information content (AvgIpc) is 3.16. The third kappa shape index (κ3) is 4.64. The first kappa shape index (κ1) is 24.8. The first-order valence-corrected chi connectivity index (χ1v) is 12.5. The molecule has 4 rings (SSSR count). The van der Waals surface area contributed by atoms with Gasteiger partial charge in [0.2, 0.25) is 5.91 Å². The van der Waals surface area contributed by atoms with Crippen molar-refractivity contribution in [3.63, 3.8) is 0 Å². The van der Waals surface area contributed by atoms with Crippen LogP contribution in [0.15, 0.2) is 48.5 Å². The van der Waals surface area contributed by atoms with Gasteiger partial charge >= 0.3 is 12.1 Å². The van der Waals surface area contributed by atoms with Gasteiger partial charge in [0.25, 0.3) is 0 Å². The monoisotopic (exact) mass is 478 g/mol. The van der Waals surface area contributed by atoms with Gasteiger partial charge in [-0.2, -0.15) is 0 Å². The number of ether oxygens (including phenoxy) is 1. The number of aliphatic carboxylic acids is 1. The second kappa shape index (κ2) is 10.1. The third-order valence-corrected chi connectivity index (χ3v) is 8.10. The van der Waals surface area contributed by atoms with E-state index in [4.69, 9.17) is 4.74 Å². The van der Waals surface area contributed by atoms with Crippen molar-refractivity contribution in [3.8, 4) is 11.1 Å². The first-order valence-electron chi connectivity index (χ1n) is 12.5. The summed E-state index contributed by atoms with van der Waals surface area (Å²) in [6.07, 6.45) is 2.47. The molecule has 0 saturated heterocycles. The molecular weight excluding hydrogens is 444 g/mol. The predicted molar refractivity (Wildman–Crippen MR) is 133 cm³/mol. The van der Waals surface area contributed by atoms with Crippen molar-refractivity contribution in [2.75, 3.05) is 19.7 Å². The Hall–Kier alpha value is -3.35. The van der Waals surface area contributed by atoms with Crippen LogP contribution in [0, 0.1) is 10.8 Å². The van der Waals surface area contributed by atoms with E-state index in [0.29, 0.717) is 25.7 Å². The molecule has 0 bridgehead atoms. The van der Waals surface area contributed by atoms with Gasteiger partial charge in [-0.15, -0.1) is 0 Å². The lowest BCUT2D eigenvalue weighted by molar-refractivity contribution is -0.154. The molecule has 0 atom stereocenters. The van der Waals surface area contributed by atoms with Crippen molar-refractivity contribution in [2.45, 2.75) is 51.9 Å². The van der Waals surface area contributed by atoms with Gasteiger partial charge in [-0.25, -0.2) is 4.79 Å². The number of benzene rings is 2. The predicted octanol–water partition coefficient (Wildman–Crippen LogP) is 4.70. The van der Waals surface area contributed by atoms with Gasteiger partial charge in [-0.05, 0) is 47.9 Å². The zero-order valence-corrected chi connectivity index (χ0v) is 20.4. The molecule has 1 saturated carbocycles. The summed E-state index contributed by atoms with van der Waals surface area (Å²) in [4.78, 5) is 37.4. The van der Waals surface area contributed by atoms with Gasteiger partial charge in [-0.3, -0.25) is 9.59 Å². The van der Waals surface area contributed by atoms with Crippen LogP contribution in [0.3, 0.4) is 0 Å². The maximum Gasteiger partial charge on any atom is 0.407 e. The highest BCUT2D eigenvalue weighted by atomic mass is 16.5. The van der Waals surface area contributed by atoms with E-state index in [0.717, 1.165) is 28.7 Å². The van der Waals surface area contributed by atoms with E-state index < -0.39 is 22.9 Å². The van der Waals surface area contributed by atoms with Gasteiger partial charge in [-0.1, -0.05) is 68.8 Å². The topological polar surface area (TPSA) is 105 Å². The molecule has 0 radical (unpaired) electrons. The summed E-state index contributed by atoms with van der Waals surface area (Å²) in [5.41, 5.74) is 2.92. The number of hydrogen-bond donors (Lipinski definition) is 3. The molecule has 2 aromatic carbocycles. The Balaban J connectivity index is 1.35. The average molecular weight is 479 g/mol. The molecule has 0 aromatic heterocycles. The molecule has 1 fully saturated rings. The molecule has 2 aliphatic rings. The molecule has 0 unspecified atom stereocenters. The van der Waals surface area contributed by atoms with Crippen LogP contribution in [-0.4, -0.2) is 42.8 Å². The number of hydrogen-bond acceptors (Lipinski definition) is 4. The molecule has 7 nitrogen and oxygen atoms in total. The smallest absolute Gasteiger partial charge is 0.407 e. The highest BCUT2D eigenvalue weighted by molar-refractivity contribution is 5.85. The number of nitrogens with one attached hydrogen (secondary N) is 2. The Labute approximate surface area is 206 Å². The summed E-state index contributed by atoms with van der Waals surface area (Å²) in [6, 6.07) is 16.3. The number of carbonyl (C=O) groups is 3. The van der Waals surface area contributed by atoms with E-state index in [2.05, 4.69) is 34.9 Å². The fourth-order valence-electron chi connectivity index (χ4n) is 5.30. The van der Waals surface area contributed by atoms with Crippen LogP contribution in [0.5, 0.6) is 0 Å². The molecular formula is C28H34N2O5. The second-order valence-corrected chi connectivity index (χ2v) is 9.79. The highest BCUT2D eigenvalue weighted by Crippen LogP contribution is 2.44. The number of alkyl carbamates (subject to hydrolysis) is 1. The van der Waals surface area contributed by atoms with Gasteiger partial charge in [0.15, 0.2) is 0 Å². The van der Waals surface area contributed by atoms with E-state index in [9.17, 15) is 19.5 Å². The van der Waals surface area contributed by atoms with Gasteiger partial charge in [0.1, 0.15) is 6.61 Å². The molecule has 7 heteroatoms. The molecule has 2 aromatic rings. The lowest BCUT2D eigenvalue weighted by atomic mass is 9.68. The summed E-state index contributed by atoms with van der Waals surface area (Å²) in [5.74, 6) is -1.12. The van der Waals surface area contributed by atoms with Crippen molar-refractivity contribution in [1.82, 2.24) is 10.6 Å². The quantitative estimate of drug-likeness (QED) is 0.459. The SMILES string of the molecule is CCC(CC)(CNC(=O)OCC1c2ccccc2-c2ccccc21)C(=O)NCC1(C(=O)O)CCC1. The summed E-state index contributed by atoms with van der Waals surface area (Å²) < 4.78 is 5.62. The van der Waals surface area contributed by atoms with Crippen molar-refractivity contribution in [3.05, 3.63) is 59.7 Å². The first-order chi connectivity index (χ1) is 16.9. The molecule has 0 aliphatic heterocycles. The van der Waals surface area contributed by atoms with Gasteiger partial charge in [0.05, 0.1) is 10.8 Å². The Morgan fingerprint density at radius 3 is 2.03 bits per heavy atom. The number of carbonyl (C=O) groups excluding carboxylic acids is 2. The van der Waals surface area contributed by atoms with E-state index in [1.54, 1.807) is 0 Å². The molecule has 186 valence electrons. The van der Waals surface area contributed by atoms with Gasteiger partial charge < -0.3 is 20.5 Å². The van der Waals surface area contributed by atoms with Crippen LogP contribution < -0.4 is 10.6 Å². The number of carboxylic acids is 1. The second-order valence-electron chi connectivity index (χ2n) is 9.79. The van der Waals surface area contributed by atoms with E-state index in [-0.39, 0.29) is 31.5 Å². The number of carboxylic acid groups (broad SMARTS) is 1. The maximum absolute atomic E-state index is 13.1. The minimum absolute atomic E-state index is 0.0340. The third-order valence-electron chi connectivity index (χ3n) is 8.10. The number of rotatable bonds is 10. The van der Waals surface area contributed by atoms with Crippen LogP contribution >= 0.6 is 0 Å². The van der Waals surface area contributed by atoms with Crippen LogP contribution in [0.2, 0.25) is 0 Å². The minimum Gasteiger partial charge on any atom is -0.481 e. The Morgan fingerprint density at radius 2 is 1.54 bits per heavy atom. The molecule has 35 heavy (non-hydrogen) atoms. The lowest BCUT2D eigenvalue weighted by Gasteiger charge is -2.39. The molecule has 3 N–H and O–H groups in total. The molecule has 0 heterocycles. The van der Waals surface area contributed by atoms with E-state index >= 15 is 0 Å². The normalized spacial score (nSPS) is 15.9. The van der Waals surface area contributed by atoms with Crippen LogP contribution in [-0.2, 0) is 14.3 Å². The van der Waals surface area contributed by atoms with Crippen molar-refractivity contribution >= 4 is 18.0 Å². The summed E-state index contributed by atoms with van der Waals surface area (Å²) >= 11 is 0. The fourth-order valence-corrected chi connectivity index (χ4v) is 5.30. The zero-order valence-electron chi connectivity index (χ0n) is 20.4. The van der Waals surface area contributed by atoms with Crippen LogP contribution in [0.25, 0.3) is 11.1 Å². The van der Waals surface area contributed by atoms with Gasteiger partial charge in [0, 0.05) is 19.0 Å². The highest BCUT2D eigenvalue weighted by Gasteiger charge is 2.46. The van der Waals surface area contributed by atoms with E-state index in [1.807, 2.05) is 38.1 Å². The number of amides is 2. The Kier molecular flexibility index (Phi) is 7.15. The zero-order chi connectivity index (χ0) is 25.1. The van der Waals surface area contributed by atoms with E-state index in [1.165, 1.54) is 0 Å². The van der Waals surface area contributed by atoms with Crippen LogP contribution in [0.1, 0.15) is 63.0 Å².